The number of nitrogens with zero attached hydrogens (tertiary/aromatic N) is 2. The van der Waals surface area contributed by atoms with Crippen molar-refractivity contribution in [3.8, 4) is 22.8 Å². The van der Waals surface area contributed by atoms with Crippen LogP contribution in [0.15, 0.2) is 74.0 Å². The predicted octanol–water partition coefficient (Wildman–Crippen LogP) is 4.86. The first-order chi connectivity index (χ1) is 21.0. The number of carbonyl (C=O) groups excluding carboxylic acids is 1. The average Bonchev–Trinajstić information content (AvgIpc) is 3.56. The summed E-state index contributed by atoms with van der Waals surface area (Å²) in [4.78, 5) is 43.9. The lowest BCUT2D eigenvalue weighted by atomic mass is 9.95. The highest BCUT2D eigenvalue weighted by molar-refractivity contribution is 7.07. The summed E-state index contributed by atoms with van der Waals surface area (Å²) in [5.74, 6) is 0.281. The third-order valence-corrected chi connectivity index (χ3v) is 8.10. The van der Waals surface area contributed by atoms with E-state index in [2.05, 4.69) is 4.99 Å². The Morgan fingerprint density at radius 3 is 2.59 bits per heavy atom. The summed E-state index contributed by atoms with van der Waals surface area (Å²) >= 11 is 1.17. The van der Waals surface area contributed by atoms with Crippen LogP contribution in [0.4, 0.5) is 0 Å². The molecule has 1 aliphatic rings. The van der Waals surface area contributed by atoms with Crippen molar-refractivity contribution < 1.29 is 33.3 Å². The zero-order valence-electron chi connectivity index (χ0n) is 25.2. The average molecular weight is 617 g/mol. The minimum absolute atomic E-state index is 0.0863. The highest BCUT2D eigenvalue weighted by atomic mass is 32.1. The first-order valence-corrected chi connectivity index (χ1v) is 14.8. The molecule has 0 saturated carbocycles. The fraction of sp³-hybridized carbons (Fsp3) is 0.273. The van der Waals surface area contributed by atoms with Crippen LogP contribution in [-0.2, 0) is 9.53 Å². The lowest BCUT2D eigenvalue weighted by Gasteiger charge is -2.25. The van der Waals surface area contributed by atoms with Gasteiger partial charge in [0.1, 0.15) is 11.5 Å². The minimum Gasteiger partial charge on any atom is -0.493 e. The fourth-order valence-corrected chi connectivity index (χ4v) is 6.18. The summed E-state index contributed by atoms with van der Waals surface area (Å²) in [6.45, 7) is 9.14. The van der Waals surface area contributed by atoms with E-state index in [1.807, 2.05) is 13.8 Å². The maximum absolute atomic E-state index is 14.0. The Hall–Kier alpha value is -4.90. The summed E-state index contributed by atoms with van der Waals surface area (Å²) in [5, 5.41) is 9.50. The molecule has 10 nitrogen and oxygen atoms in total. The molecule has 0 amide bonds. The Morgan fingerprint density at radius 2 is 1.91 bits per heavy atom. The fourth-order valence-electron chi connectivity index (χ4n) is 5.15. The van der Waals surface area contributed by atoms with Crippen molar-refractivity contribution in [2.24, 2.45) is 4.99 Å². The molecule has 11 heteroatoms. The summed E-state index contributed by atoms with van der Waals surface area (Å²) < 4.78 is 24.7. The van der Waals surface area contributed by atoms with Crippen molar-refractivity contribution in [1.29, 1.82) is 0 Å². The molecule has 2 aromatic carbocycles. The Labute approximate surface area is 257 Å². The lowest BCUT2D eigenvalue weighted by Crippen LogP contribution is -2.40. The Bertz CT molecular complexity index is 1980. The number of benzene rings is 2. The Kier molecular flexibility index (Phi) is 8.59. The van der Waals surface area contributed by atoms with E-state index in [-0.39, 0.29) is 29.4 Å². The maximum atomic E-state index is 14.0. The lowest BCUT2D eigenvalue weighted by molar-refractivity contribution is -0.139. The molecule has 1 atom stereocenters. The highest BCUT2D eigenvalue weighted by Crippen LogP contribution is 2.36. The molecule has 1 N–H and O–H groups in total. The standard InChI is InChI=1S/C33H32N2O8S/c1-7-41-32(39)28-19(5)34-33-35(29(28)20-11-13-25(42-17(2)3)26(15-20)40-6)30(36)27(44-33)16-21-12-14-24(43-21)22-9-8-10-23(18(22)4)31(37)38/h8-17,29H,7H2,1-6H3,(H,37,38)/b27-16-/t29-/m0/s1. The van der Waals surface area contributed by atoms with Gasteiger partial charge in [0.05, 0.1) is 47.2 Å². The van der Waals surface area contributed by atoms with Crippen LogP contribution in [0, 0.1) is 6.92 Å². The maximum Gasteiger partial charge on any atom is 0.338 e. The minimum atomic E-state index is -1.02. The van der Waals surface area contributed by atoms with E-state index < -0.39 is 18.0 Å². The number of hydrogen-bond acceptors (Lipinski definition) is 9. The van der Waals surface area contributed by atoms with Crippen molar-refractivity contribution in [3.05, 3.63) is 102 Å². The van der Waals surface area contributed by atoms with Gasteiger partial charge in [-0.05, 0) is 76.1 Å². The van der Waals surface area contributed by atoms with Crippen LogP contribution in [0.5, 0.6) is 11.5 Å². The van der Waals surface area contributed by atoms with E-state index in [1.165, 1.54) is 29.1 Å². The predicted molar refractivity (Wildman–Crippen MR) is 165 cm³/mol. The monoisotopic (exact) mass is 616 g/mol. The van der Waals surface area contributed by atoms with Gasteiger partial charge in [0, 0.05) is 11.6 Å². The van der Waals surface area contributed by atoms with Crippen molar-refractivity contribution >= 4 is 29.4 Å². The number of methoxy groups -OCH3 is 1. The first kappa shape index (κ1) is 30.6. The van der Waals surface area contributed by atoms with Crippen LogP contribution in [0.2, 0.25) is 0 Å². The van der Waals surface area contributed by atoms with Crippen LogP contribution in [0.25, 0.3) is 17.4 Å². The molecule has 0 unspecified atom stereocenters. The van der Waals surface area contributed by atoms with E-state index >= 15 is 0 Å². The Morgan fingerprint density at radius 1 is 1.14 bits per heavy atom. The molecule has 1 aliphatic heterocycles. The van der Waals surface area contributed by atoms with Gasteiger partial charge in [0.25, 0.3) is 5.56 Å². The molecule has 228 valence electrons. The van der Waals surface area contributed by atoms with Gasteiger partial charge in [-0.3, -0.25) is 9.36 Å². The molecular formula is C33H32N2O8S. The molecule has 5 rings (SSSR count). The smallest absolute Gasteiger partial charge is 0.338 e. The van der Waals surface area contributed by atoms with E-state index in [0.717, 1.165) is 0 Å². The number of fused-ring (bicyclic) bond motifs is 1. The van der Waals surface area contributed by atoms with Crippen molar-refractivity contribution in [1.82, 2.24) is 4.57 Å². The largest absolute Gasteiger partial charge is 0.493 e. The van der Waals surface area contributed by atoms with Gasteiger partial charge >= 0.3 is 11.9 Å². The van der Waals surface area contributed by atoms with Gasteiger partial charge in [-0.1, -0.05) is 29.5 Å². The number of allylic oxidation sites excluding steroid dienone is 1. The molecule has 0 spiro atoms. The number of thiazole rings is 1. The number of hydrogen-bond donors (Lipinski definition) is 1. The Balaban J connectivity index is 1.64. The normalized spacial score (nSPS) is 14.8. The number of carboxylic acid groups (broad SMARTS) is 1. The summed E-state index contributed by atoms with van der Waals surface area (Å²) in [7, 11) is 1.53. The molecule has 3 heterocycles. The molecule has 0 aliphatic carbocycles. The van der Waals surface area contributed by atoms with Gasteiger partial charge in [-0.25, -0.2) is 14.6 Å². The second kappa shape index (κ2) is 12.4. The van der Waals surface area contributed by atoms with Crippen LogP contribution in [0.3, 0.4) is 0 Å². The first-order valence-electron chi connectivity index (χ1n) is 14.0. The van der Waals surface area contributed by atoms with Crippen LogP contribution in [-0.4, -0.2) is 41.4 Å². The number of furan rings is 1. The third-order valence-electron chi connectivity index (χ3n) is 7.11. The number of rotatable bonds is 9. The van der Waals surface area contributed by atoms with Crippen molar-refractivity contribution in [3.63, 3.8) is 0 Å². The summed E-state index contributed by atoms with van der Waals surface area (Å²) in [6.07, 6.45) is 1.53. The molecule has 0 fully saturated rings. The van der Waals surface area contributed by atoms with Crippen LogP contribution in [0.1, 0.15) is 61.0 Å². The number of ether oxygens (including phenoxy) is 3. The van der Waals surface area contributed by atoms with Gasteiger partial charge in [-0.2, -0.15) is 0 Å². The number of aromatic nitrogens is 1. The van der Waals surface area contributed by atoms with Crippen LogP contribution >= 0.6 is 11.3 Å². The van der Waals surface area contributed by atoms with Gasteiger partial charge in [-0.15, -0.1) is 0 Å². The quantitative estimate of drug-likeness (QED) is 0.264. The van der Waals surface area contributed by atoms with Gasteiger partial charge in [0.2, 0.25) is 0 Å². The molecule has 0 bridgehead atoms. The van der Waals surface area contributed by atoms with Crippen molar-refractivity contribution in [2.75, 3.05) is 13.7 Å². The van der Waals surface area contributed by atoms with Gasteiger partial charge in [0.15, 0.2) is 16.3 Å². The number of aromatic carboxylic acids is 1. The number of carboxylic acids is 1. The number of carbonyl (C=O) groups is 2. The second-order valence-electron chi connectivity index (χ2n) is 10.4. The van der Waals surface area contributed by atoms with Gasteiger partial charge < -0.3 is 23.7 Å². The van der Waals surface area contributed by atoms with E-state index in [1.54, 1.807) is 69.3 Å². The molecule has 4 aromatic rings. The molecule has 44 heavy (non-hydrogen) atoms. The van der Waals surface area contributed by atoms with E-state index in [4.69, 9.17) is 18.6 Å². The molecular weight excluding hydrogens is 584 g/mol. The third kappa shape index (κ3) is 5.70. The SMILES string of the molecule is CCOC(=O)C1=C(C)N=c2s/c(=C\c3ccc(-c4cccc(C(=O)O)c4C)o3)c(=O)n2[C@H]1c1ccc(OC(C)C)c(OC)c1. The number of esters is 1. The zero-order valence-corrected chi connectivity index (χ0v) is 26.0. The van der Waals surface area contributed by atoms with Crippen LogP contribution < -0.4 is 24.4 Å². The highest BCUT2D eigenvalue weighted by Gasteiger charge is 2.34. The molecule has 0 saturated heterocycles. The van der Waals surface area contributed by atoms with Crippen molar-refractivity contribution in [2.45, 2.75) is 46.8 Å². The molecule has 2 aromatic heterocycles. The second-order valence-corrected chi connectivity index (χ2v) is 11.4. The summed E-state index contributed by atoms with van der Waals surface area (Å²) in [6, 6.07) is 12.9. The molecule has 0 radical (unpaired) electrons. The zero-order chi connectivity index (χ0) is 31.7. The van der Waals surface area contributed by atoms with E-state index in [9.17, 15) is 19.5 Å². The topological polar surface area (TPSA) is 130 Å². The summed E-state index contributed by atoms with van der Waals surface area (Å²) in [5.41, 5.74) is 2.34. The van der Waals surface area contributed by atoms with E-state index in [0.29, 0.717) is 54.7 Å².